The minimum Gasteiger partial charge on any atom is -0.272 e. The van der Waals surface area contributed by atoms with Crippen LogP contribution in [0.4, 0.5) is 0 Å². The quantitative estimate of drug-likeness (QED) is 0.559. The third kappa shape index (κ3) is 4.02. The lowest BCUT2D eigenvalue weighted by molar-refractivity contribution is -0.130. The Morgan fingerprint density at radius 1 is 1.03 bits per heavy atom. The number of carbonyl (C=O) groups excluding carboxylic acids is 1. The first-order chi connectivity index (χ1) is 14.8. The lowest BCUT2D eigenvalue weighted by Gasteiger charge is -2.21. The van der Waals surface area contributed by atoms with Gasteiger partial charge in [0.25, 0.3) is 5.91 Å². The molecule has 4 nitrogen and oxygen atoms in total. The summed E-state index contributed by atoms with van der Waals surface area (Å²) >= 11 is 3.26. The molecule has 0 N–H and O–H groups in total. The third-order valence-electron chi connectivity index (χ3n) is 5.31. The second-order valence-corrected chi connectivity index (χ2v) is 9.57. The number of hydrogen-bond acceptors (Lipinski definition) is 5. The molecule has 3 aromatic carbocycles. The number of benzene rings is 3. The Labute approximate surface area is 184 Å². The number of fused-ring (bicyclic) bond motifs is 1. The number of nitrogens with zero attached hydrogens (tertiary/aromatic N) is 3. The zero-order chi connectivity index (χ0) is 20.3. The van der Waals surface area contributed by atoms with E-state index in [4.69, 9.17) is 5.10 Å². The molecule has 1 atom stereocenters. The molecule has 0 aliphatic carbocycles. The fourth-order valence-corrected chi connectivity index (χ4v) is 5.67. The Kier molecular flexibility index (Phi) is 5.60. The Balaban J connectivity index is 1.43. The molecular weight excluding hydrogens is 410 g/mol. The monoisotopic (exact) mass is 431 g/mol. The van der Waals surface area contributed by atoms with Gasteiger partial charge in [0.1, 0.15) is 4.38 Å². The van der Waals surface area contributed by atoms with E-state index in [9.17, 15) is 4.79 Å². The van der Waals surface area contributed by atoms with E-state index in [1.807, 2.05) is 30.3 Å². The number of amides is 1. The van der Waals surface area contributed by atoms with Crippen molar-refractivity contribution in [2.75, 3.05) is 18.1 Å². The molecule has 1 amide bonds. The van der Waals surface area contributed by atoms with Crippen molar-refractivity contribution in [3.63, 3.8) is 0 Å². The van der Waals surface area contributed by atoms with E-state index in [0.717, 1.165) is 33.5 Å². The average Bonchev–Trinajstić information content (AvgIpc) is 3.48. The van der Waals surface area contributed by atoms with Crippen LogP contribution in [-0.2, 0) is 4.79 Å². The Hall–Kier alpha value is -2.57. The summed E-state index contributed by atoms with van der Waals surface area (Å²) in [6, 6.07) is 24.8. The highest BCUT2D eigenvalue weighted by Crippen LogP contribution is 2.34. The highest BCUT2D eigenvalue weighted by molar-refractivity contribution is 8.39. The van der Waals surface area contributed by atoms with Gasteiger partial charge in [0.05, 0.1) is 24.1 Å². The van der Waals surface area contributed by atoms with Crippen LogP contribution in [0.25, 0.3) is 10.8 Å². The van der Waals surface area contributed by atoms with E-state index >= 15 is 0 Å². The molecule has 2 aliphatic heterocycles. The first-order valence-electron chi connectivity index (χ1n) is 10.0. The van der Waals surface area contributed by atoms with E-state index in [-0.39, 0.29) is 11.9 Å². The number of aliphatic imine (C=N–C) groups is 1. The third-order valence-corrected chi connectivity index (χ3v) is 7.55. The molecule has 0 saturated heterocycles. The van der Waals surface area contributed by atoms with Gasteiger partial charge in [-0.3, -0.25) is 9.79 Å². The summed E-state index contributed by atoms with van der Waals surface area (Å²) < 4.78 is 1.01. The van der Waals surface area contributed by atoms with Crippen LogP contribution >= 0.6 is 23.5 Å². The minimum absolute atomic E-state index is 0.0276. The Morgan fingerprint density at radius 2 is 1.83 bits per heavy atom. The van der Waals surface area contributed by atoms with Crippen LogP contribution in [0.3, 0.4) is 0 Å². The van der Waals surface area contributed by atoms with Crippen LogP contribution in [-0.4, -0.2) is 39.1 Å². The minimum atomic E-state index is -0.0704. The van der Waals surface area contributed by atoms with Crippen molar-refractivity contribution in [1.29, 1.82) is 0 Å². The molecular formula is C24H21N3OS2. The largest absolute Gasteiger partial charge is 0.272 e. The maximum absolute atomic E-state index is 13.1. The van der Waals surface area contributed by atoms with Crippen LogP contribution < -0.4 is 0 Å². The summed E-state index contributed by atoms with van der Waals surface area (Å²) in [5, 5.41) is 8.89. The van der Waals surface area contributed by atoms with E-state index in [1.165, 1.54) is 22.5 Å². The van der Waals surface area contributed by atoms with Crippen molar-refractivity contribution in [3.05, 3.63) is 83.9 Å². The predicted molar refractivity (Wildman–Crippen MR) is 128 cm³/mol. The molecule has 0 saturated carbocycles. The number of hydrazone groups is 1. The summed E-state index contributed by atoms with van der Waals surface area (Å²) in [4.78, 5) is 17.5. The van der Waals surface area contributed by atoms with Gasteiger partial charge in [0.2, 0.25) is 0 Å². The van der Waals surface area contributed by atoms with Crippen molar-refractivity contribution < 1.29 is 4.79 Å². The molecule has 0 bridgehead atoms. The standard InChI is InChI=1S/C24H21N3OS2/c28-23(16-30-24-25-12-13-29-24)27-22(18-7-2-1-3-8-18)15-21(26-27)20-11-10-17-6-4-5-9-19(17)14-20/h1-11,14,22H,12-13,15-16H2. The molecule has 2 heterocycles. The lowest BCUT2D eigenvalue weighted by atomic mass is 9.97. The molecule has 2 aliphatic rings. The predicted octanol–water partition coefficient (Wildman–Crippen LogP) is 5.35. The number of carbonyl (C=O) groups is 1. The van der Waals surface area contributed by atoms with Crippen LogP contribution in [0.15, 0.2) is 82.9 Å². The summed E-state index contributed by atoms with van der Waals surface area (Å²) in [7, 11) is 0. The SMILES string of the molecule is O=C(CSC1=NCCS1)N1N=C(c2ccc3ccccc3c2)CC1c1ccccc1. The van der Waals surface area contributed by atoms with Crippen molar-refractivity contribution in [3.8, 4) is 0 Å². The first-order valence-corrected chi connectivity index (χ1v) is 12.0. The fourth-order valence-electron chi connectivity index (χ4n) is 3.81. The fraction of sp³-hybridized carbons (Fsp3) is 0.208. The summed E-state index contributed by atoms with van der Waals surface area (Å²) in [5.74, 6) is 1.40. The highest BCUT2D eigenvalue weighted by atomic mass is 32.2. The molecule has 0 aromatic heterocycles. The molecule has 0 spiro atoms. The molecule has 0 fully saturated rings. The number of thioether (sulfide) groups is 2. The van der Waals surface area contributed by atoms with Crippen LogP contribution in [0.2, 0.25) is 0 Å². The van der Waals surface area contributed by atoms with Gasteiger partial charge in [0, 0.05) is 12.2 Å². The molecule has 1 unspecified atom stereocenters. The van der Waals surface area contributed by atoms with Crippen molar-refractivity contribution in [2.45, 2.75) is 12.5 Å². The zero-order valence-corrected chi connectivity index (χ0v) is 18.0. The number of rotatable bonds is 4. The molecule has 5 rings (SSSR count). The molecule has 150 valence electrons. The van der Waals surface area contributed by atoms with Crippen LogP contribution in [0.5, 0.6) is 0 Å². The van der Waals surface area contributed by atoms with E-state index in [1.54, 1.807) is 16.8 Å². The van der Waals surface area contributed by atoms with Gasteiger partial charge in [-0.05, 0) is 28.0 Å². The molecule has 6 heteroatoms. The maximum Gasteiger partial charge on any atom is 0.253 e. The second kappa shape index (κ2) is 8.66. The summed E-state index contributed by atoms with van der Waals surface area (Å²) in [6.45, 7) is 0.849. The smallest absolute Gasteiger partial charge is 0.253 e. The second-order valence-electron chi connectivity index (χ2n) is 7.26. The van der Waals surface area contributed by atoms with Crippen molar-refractivity contribution in [1.82, 2.24) is 5.01 Å². The van der Waals surface area contributed by atoms with Gasteiger partial charge in [-0.25, -0.2) is 5.01 Å². The molecule has 0 radical (unpaired) electrons. The van der Waals surface area contributed by atoms with Crippen LogP contribution in [0.1, 0.15) is 23.6 Å². The van der Waals surface area contributed by atoms with Gasteiger partial charge in [-0.2, -0.15) is 5.10 Å². The average molecular weight is 432 g/mol. The van der Waals surface area contributed by atoms with Crippen LogP contribution in [0, 0.1) is 0 Å². The van der Waals surface area contributed by atoms with Gasteiger partial charge in [-0.1, -0.05) is 90.3 Å². The van der Waals surface area contributed by atoms with Gasteiger partial charge < -0.3 is 0 Å². The van der Waals surface area contributed by atoms with E-state index in [0.29, 0.717) is 12.2 Å². The maximum atomic E-state index is 13.1. The van der Waals surface area contributed by atoms with Crippen molar-refractivity contribution >= 4 is 50.3 Å². The zero-order valence-electron chi connectivity index (χ0n) is 16.4. The normalized spacial score (nSPS) is 18.5. The van der Waals surface area contributed by atoms with Crippen molar-refractivity contribution in [2.24, 2.45) is 10.1 Å². The summed E-state index contributed by atoms with van der Waals surface area (Å²) in [5.41, 5.74) is 3.15. The Bertz CT molecular complexity index is 1140. The summed E-state index contributed by atoms with van der Waals surface area (Å²) in [6.07, 6.45) is 0.717. The molecule has 3 aromatic rings. The van der Waals surface area contributed by atoms with Gasteiger partial charge >= 0.3 is 0 Å². The Morgan fingerprint density at radius 3 is 2.63 bits per heavy atom. The highest BCUT2D eigenvalue weighted by Gasteiger charge is 2.33. The van der Waals surface area contributed by atoms with Gasteiger partial charge in [0.15, 0.2) is 0 Å². The first kappa shape index (κ1) is 19.4. The molecule has 30 heavy (non-hydrogen) atoms. The number of hydrogen-bond donors (Lipinski definition) is 0. The lowest BCUT2D eigenvalue weighted by Crippen LogP contribution is -2.28. The van der Waals surface area contributed by atoms with E-state index < -0.39 is 0 Å². The van der Waals surface area contributed by atoms with Gasteiger partial charge in [-0.15, -0.1) is 0 Å². The topological polar surface area (TPSA) is 45.0 Å². The van der Waals surface area contributed by atoms with E-state index in [2.05, 4.69) is 47.5 Å².